The number of hydrogen-bond donors (Lipinski definition) is 1. The number of aryl methyl sites for hydroxylation is 1. The van der Waals surface area contributed by atoms with E-state index in [-0.39, 0.29) is 34.0 Å². The van der Waals surface area contributed by atoms with Crippen molar-refractivity contribution in [2.75, 3.05) is 12.3 Å². The van der Waals surface area contributed by atoms with Gasteiger partial charge < -0.3 is 5.73 Å². The molecule has 2 N–H and O–H groups in total. The summed E-state index contributed by atoms with van der Waals surface area (Å²) in [5.74, 6) is 1.92. The Bertz CT molecular complexity index is 284. The summed E-state index contributed by atoms with van der Waals surface area (Å²) in [7, 11) is 0. The Labute approximate surface area is 124 Å². The van der Waals surface area contributed by atoms with Gasteiger partial charge in [-0.3, -0.25) is 4.98 Å². The highest BCUT2D eigenvalue weighted by Crippen LogP contribution is 2.22. The van der Waals surface area contributed by atoms with Crippen molar-refractivity contribution in [3.05, 3.63) is 28.0 Å². The first-order valence-electron chi connectivity index (χ1n) is 4.13. The second kappa shape index (κ2) is 10.1. The van der Waals surface area contributed by atoms with Crippen molar-refractivity contribution in [3.63, 3.8) is 0 Å². The van der Waals surface area contributed by atoms with E-state index in [1.165, 1.54) is 5.56 Å². The van der Waals surface area contributed by atoms with Crippen LogP contribution in [0.4, 0.5) is 0 Å². The highest BCUT2D eigenvalue weighted by molar-refractivity contribution is 9.10. The van der Waals surface area contributed by atoms with Crippen LogP contribution in [-0.2, 0) is 5.75 Å². The summed E-state index contributed by atoms with van der Waals surface area (Å²) in [6.45, 7) is 2.80. The minimum atomic E-state index is 0. The molecule has 0 amide bonds. The van der Waals surface area contributed by atoms with Gasteiger partial charge in [0, 0.05) is 28.7 Å². The molecular weight excluding hydrogens is 408 g/mol. The molecule has 0 radical (unpaired) electrons. The molecule has 1 rings (SSSR count). The Balaban J connectivity index is 0. The number of halogens is 3. The van der Waals surface area contributed by atoms with Gasteiger partial charge in [0.05, 0.1) is 5.69 Å². The zero-order valence-corrected chi connectivity index (χ0v) is 14.2. The van der Waals surface area contributed by atoms with Gasteiger partial charge in [0.1, 0.15) is 0 Å². The van der Waals surface area contributed by atoms with E-state index in [4.69, 9.17) is 5.73 Å². The van der Waals surface area contributed by atoms with Gasteiger partial charge in [-0.15, -0.1) is 34.0 Å². The maximum atomic E-state index is 5.41. The van der Waals surface area contributed by atoms with E-state index in [9.17, 15) is 0 Å². The van der Waals surface area contributed by atoms with Gasteiger partial charge in [0.2, 0.25) is 0 Å². The van der Waals surface area contributed by atoms with Crippen molar-refractivity contribution >= 4 is 61.7 Å². The van der Waals surface area contributed by atoms with Gasteiger partial charge in [0.25, 0.3) is 0 Å². The molecule has 6 heteroatoms. The molecule has 0 unspecified atom stereocenters. The molecule has 1 aromatic heterocycles. The van der Waals surface area contributed by atoms with Gasteiger partial charge in [-0.2, -0.15) is 11.8 Å². The Kier molecular flexibility index (Phi) is 12.3. The maximum absolute atomic E-state index is 5.41. The highest BCUT2D eigenvalue weighted by atomic mass is 79.9. The van der Waals surface area contributed by atoms with Crippen molar-refractivity contribution in [1.29, 1.82) is 0 Å². The molecule has 0 bridgehead atoms. The summed E-state index contributed by atoms with van der Waals surface area (Å²) in [4.78, 5) is 4.30. The minimum absolute atomic E-state index is 0. The van der Waals surface area contributed by atoms with E-state index in [1.54, 1.807) is 0 Å². The summed E-state index contributed by atoms with van der Waals surface area (Å²) in [5, 5.41) is 0. The highest BCUT2D eigenvalue weighted by Gasteiger charge is 2.02. The molecule has 0 aromatic carbocycles. The Morgan fingerprint density at radius 3 is 2.73 bits per heavy atom. The van der Waals surface area contributed by atoms with Crippen LogP contribution in [0.5, 0.6) is 0 Å². The standard InChI is InChI=1S/C9H13BrN2S.2BrH/c1-7-2-4-12-8(9(7)10)6-13-5-3-11;;/h2,4H,3,5-6,11H2,1H3;2*1H. The van der Waals surface area contributed by atoms with E-state index in [0.717, 1.165) is 28.2 Å². The topological polar surface area (TPSA) is 38.9 Å². The van der Waals surface area contributed by atoms with Crippen molar-refractivity contribution in [3.8, 4) is 0 Å². The molecule has 88 valence electrons. The molecule has 0 spiro atoms. The van der Waals surface area contributed by atoms with Crippen molar-refractivity contribution in [1.82, 2.24) is 4.98 Å². The Hall–Kier alpha value is 0.900. The van der Waals surface area contributed by atoms with Gasteiger partial charge in [-0.25, -0.2) is 0 Å². The van der Waals surface area contributed by atoms with Gasteiger partial charge in [-0.1, -0.05) is 0 Å². The second-order valence-corrected chi connectivity index (χ2v) is 4.63. The molecule has 0 aliphatic rings. The van der Waals surface area contributed by atoms with Crippen LogP contribution in [0.25, 0.3) is 0 Å². The molecule has 15 heavy (non-hydrogen) atoms. The third-order valence-corrected chi connectivity index (χ3v) is 3.74. The van der Waals surface area contributed by atoms with Crippen LogP contribution in [0.2, 0.25) is 0 Å². The lowest BCUT2D eigenvalue weighted by Gasteiger charge is -2.04. The minimum Gasteiger partial charge on any atom is -0.330 e. The molecular formula is C9H15Br3N2S. The Morgan fingerprint density at radius 2 is 2.13 bits per heavy atom. The average molecular weight is 423 g/mol. The van der Waals surface area contributed by atoms with Crippen LogP contribution in [0.15, 0.2) is 16.7 Å². The summed E-state index contributed by atoms with van der Waals surface area (Å²) in [6, 6.07) is 2.00. The smallest absolute Gasteiger partial charge is 0.0647 e. The lowest BCUT2D eigenvalue weighted by Crippen LogP contribution is -2.02. The number of rotatable bonds is 4. The summed E-state index contributed by atoms with van der Waals surface area (Å²) < 4.78 is 1.12. The predicted molar refractivity (Wildman–Crippen MR) is 82.5 cm³/mol. The third kappa shape index (κ3) is 6.26. The lowest BCUT2D eigenvalue weighted by molar-refractivity contribution is 1.11. The second-order valence-electron chi connectivity index (χ2n) is 2.73. The quantitative estimate of drug-likeness (QED) is 0.755. The first-order valence-corrected chi connectivity index (χ1v) is 6.08. The average Bonchev–Trinajstić information content (AvgIpc) is 2.13. The molecule has 0 saturated heterocycles. The number of pyridine rings is 1. The zero-order chi connectivity index (χ0) is 9.68. The number of nitrogens with two attached hydrogens (primary N) is 1. The van der Waals surface area contributed by atoms with Crippen LogP contribution < -0.4 is 5.73 Å². The van der Waals surface area contributed by atoms with E-state index < -0.39 is 0 Å². The monoisotopic (exact) mass is 420 g/mol. The number of thioether (sulfide) groups is 1. The predicted octanol–water partition coefficient (Wildman–Crippen LogP) is 3.50. The van der Waals surface area contributed by atoms with Crippen LogP contribution in [0.3, 0.4) is 0 Å². The molecule has 1 heterocycles. The zero-order valence-electron chi connectivity index (χ0n) is 8.40. The molecule has 0 saturated carbocycles. The summed E-state index contributed by atoms with van der Waals surface area (Å²) in [6.07, 6.45) is 1.85. The SMILES string of the molecule is Br.Br.Cc1ccnc(CSCCN)c1Br. The van der Waals surface area contributed by atoms with E-state index in [2.05, 4.69) is 27.8 Å². The summed E-state index contributed by atoms with van der Waals surface area (Å²) in [5.41, 5.74) is 7.75. The van der Waals surface area contributed by atoms with Gasteiger partial charge >= 0.3 is 0 Å². The normalized spacial score (nSPS) is 9.00. The fraction of sp³-hybridized carbons (Fsp3) is 0.444. The molecule has 0 aliphatic heterocycles. The van der Waals surface area contributed by atoms with Crippen LogP contribution in [0.1, 0.15) is 11.3 Å². The van der Waals surface area contributed by atoms with Crippen molar-refractivity contribution in [2.45, 2.75) is 12.7 Å². The Morgan fingerprint density at radius 1 is 1.47 bits per heavy atom. The fourth-order valence-corrected chi connectivity index (χ4v) is 2.23. The van der Waals surface area contributed by atoms with E-state index in [1.807, 2.05) is 24.0 Å². The first-order chi connectivity index (χ1) is 6.25. The largest absolute Gasteiger partial charge is 0.330 e. The van der Waals surface area contributed by atoms with Crippen molar-refractivity contribution < 1.29 is 0 Å². The van der Waals surface area contributed by atoms with Crippen LogP contribution in [0, 0.1) is 6.92 Å². The molecule has 0 fully saturated rings. The molecule has 0 atom stereocenters. The van der Waals surface area contributed by atoms with E-state index in [0.29, 0.717) is 0 Å². The van der Waals surface area contributed by atoms with Crippen LogP contribution >= 0.6 is 61.7 Å². The lowest BCUT2D eigenvalue weighted by atomic mass is 10.2. The van der Waals surface area contributed by atoms with Gasteiger partial charge in [0.15, 0.2) is 0 Å². The number of aromatic nitrogens is 1. The molecule has 1 aromatic rings. The van der Waals surface area contributed by atoms with E-state index >= 15 is 0 Å². The first kappa shape index (κ1) is 18.3. The fourth-order valence-electron chi connectivity index (χ4n) is 0.949. The van der Waals surface area contributed by atoms with Crippen molar-refractivity contribution in [2.24, 2.45) is 5.73 Å². The number of nitrogens with zero attached hydrogens (tertiary/aromatic N) is 1. The third-order valence-electron chi connectivity index (χ3n) is 1.66. The maximum Gasteiger partial charge on any atom is 0.0647 e. The summed E-state index contributed by atoms with van der Waals surface area (Å²) >= 11 is 5.34. The molecule has 2 nitrogen and oxygen atoms in total. The number of hydrogen-bond acceptors (Lipinski definition) is 3. The molecule has 0 aliphatic carbocycles. The van der Waals surface area contributed by atoms with Gasteiger partial charge in [-0.05, 0) is 34.5 Å². The van der Waals surface area contributed by atoms with Crippen LogP contribution in [-0.4, -0.2) is 17.3 Å².